The zero-order valence-corrected chi connectivity index (χ0v) is 19.4. The van der Waals surface area contributed by atoms with Crippen LogP contribution in [0.4, 0.5) is 10.1 Å². The quantitative estimate of drug-likeness (QED) is 0.149. The fourth-order valence-corrected chi connectivity index (χ4v) is 4.03. The first kappa shape index (κ1) is 24.0. The number of nitrogens with two attached hydrogens (primary N) is 2. The summed E-state index contributed by atoms with van der Waals surface area (Å²) in [5.74, 6) is -0.895. The molecule has 0 aliphatic heterocycles. The lowest BCUT2D eigenvalue weighted by atomic mass is 10.0. The number of amidine groups is 1. The van der Waals surface area contributed by atoms with Crippen molar-refractivity contribution < 1.29 is 13.9 Å². The van der Waals surface area contributed by atoms with Crippen LogP contribution in [0.5, 0.6) is 5.75 Å². The SMILES string of the molecule is N=C(N)c1cccc(OC(C(=O)Nc2ccc(-c3ccccc3SN)cc2F)c2ccccc2)c1. The number of anilines is 1. The molecular formula is C27H23FN4O2S. The zero-order chi connectivity index (χ0) is 24.8. The van der Waals surface area contributed by atoms with Crippen molar-refractivity contribution >= 4 is 29.4 Å². The molecule has 0 saturated heterocycles. The number of hydrogen-bond donors (Lipinski definition) is 4. The second-order valence-electron chi connectivity index (χ2n) is 7.65. The van der Waals surface area contributed by atoms with E-state index in [0.29, 0.717) is 22.4 Å². The van der Waals surface area contributed by atoms with Crippen molar-refractivity contribution in [3.05, 3.63) is 114 Å². The van der Waals surface area contributed by atoms with Crippen molar-refractivity contribution in [2.24, 2.45) is 10.9 Å². The Balaban J connectivity index is 1.61. The van der Waals surface area contributed by atoms with Crippen LogP contribution >= 0.6 is 11.9 Å². The molecule has 0 radical (unpaired) electrons. The van der Waals surface area contributed by atoms with Crippen LogP contribution in [0.1, 0.15) is 17.2 Å². The normalized spacial score (nSPS) is 11.5. The second-order valence-corrected chi connectivity index (χ2v) is 8.32. The van der Waals surface area contributed by atoms with Gasteiger partial charge in [-0.2, -0.15) is 0 Å². The molecule has 0 aliphatic carbocycles. The number of amides is 1. The van der Waals surface area contributed by atoms with Crippen LogP contribution in [0.2, 0.25) is 0 Å². The molecule has 1 atom stereocenters. The third-order valence-corrected chi connectivity index (χ3v) is 5.90. The molecule has 1 unspecified atom stereocenters. The molecule has 6 N–H and O–H groups in total. The lowest BCUT2D eigenvalue weighted by Gasteiger charge is -2.20. The smallest absolute Gasteiger partial charge is 0.270 e. The molecule has 0 fully saturated rings. The summed E-state index contributed by atoms with van der Waals surface area (Å²) >= 11 is 1.09. The topological polar surface area (TPSA) is 114 Å². The summed E-state index contributed by atoms with van der Waals surface area (Å²) < 4.78 is 21.0. The van der Waals surface area contributed by atoms with Gasteiger partial charge in [0.1, 0.15) is 17.4 Å². The number of ether oxygens (including phenoxy) is 1. The van der Waals surface area contributed by atoms with Crippen LogP contribution < -0.4 is 20.9 Å². The van der Waals surface area contributed by atoms with E-state index in [-0.39, 0.29) is 11.5 Å². The summed E-state index contributed by atoms with van der Waals surface area (Å²) in [4.78, 5) is 14.1. The second kappa shape index (κ2) is 10.9. The van der Waals surface area contributed by atoms with Crippen molar-refractivity contribution in [1.29, 1.82) is 5.41 Å². The molecule has 0 aliphatic rings. The number of hydrogen-bond acceptors (Lipinski definition) is 5. The largest absolute Gasteiger partial charge is 0.476 e. The highest BCUT2D eigenvalue weighted by Gasteiger charge is 2.24. The van der Waals surface area contributed by atoms with E-state index in [1.54, 1.807) is 54.6 Å². The summed E-state index contributed by atoms with van der Waals surface area (Å²) in [5, 5.41) is 16.0. The molecule has 0 heterocycles. The first-order valence-electron chi connectivity index (χ1n) is 10.7. The molecule has 35 heavy (non-hydrogen) atoms. The molecule has 4 aromatic rings. The number of carbonyl (C=O) groups excluding carboxylic acids is 1. The predicted octanol–water partition coefficient (Wildman–Crippen LogP) is 5.50. The third kappa shape index (κ3) is 5.68. The summed E-state index contributed by atoms with van der Waals surface area (Å²) in [6, 6.07) is 27.5. The van der Waals surface area contributed by atoms with E-state index in [1.165, 1.54) is 12.1 Å². The van der Waals surface area contributed by atoms with E-state index in [1.807, 2.05) is 30.3 Å². The fourth-order valence-electron chi connectivity index (χ4n) is 3.56. The van der Waals surface area contributed by atoms with Crippen LogP contribution in [0.3, 0.4) is 0 Å². The van der Waals surface area contributed by atoms with E-state index >= 15 is 4.39 Å². The Morgan fingerprint density at radius 2 is 1.69 bits per heavy atom. The number of nitrogen functional groups attached to an aromatic ring is 1. The highest BCUT2D eigenvalue weighted by molar-refractivity contribution is 7.97. The number of benzene rings is 4. The summed E-state index contributed by atoms with van der Waals surface area (Å²) in [5.41, 5.74) is 8.10. The Morgan fingerprint density at radius 1 is 0.943 bits per heavy atom. The van der Waals surface area contributed by atoms with Gasteiger partial charge in [-0.1, -0.05) is 66.7 Å². The van der Waals surface area contributed by atoms with Gasteiger partial charge >= 0.3 is 0 Å². The van der Waals surface area contributed by atoms with E-state index in [2.05, 4.69) is 5.32 Å². The van der Waals surface area contributed by atoms with E-state index in [4.69, 9.17) is 21.0 Å². The average Bonchev–Trinajstić information content (AvgIpc) is 2.89. The standard InChI is InChI=1S/C27H23FN4O2S/c28-22-16-18(21-11-4-5-12-24(21)35-31)13-14-23(22)32-27(33)25(17-7-2-1-3-8-17)34-20-10-6-9-19(15-20)26(29)30/h1-16,25H,31H2,(H3,29,30)(H,32,33). The molecule has 0 saturated carbocycles. The number of rotatable bonds is 8. The number of carbonyl (C=O) groups is 1. The van der Waals surface area contributed by atoms with Gasteiger partial charge in [0.05, 0.1) is 5.69 Å². The molecule has 0 aromatic heterocycles. The van der Waals surface area contributed by atoms with Gasteiger partial charge in [0.15, 0.2) is 0 Å². The van der Waals surface area contributed by atoms with E-state index in [9.17, 15) is 4.79 Å². The minimum Gasteiger partial charge on any atom is -0.476 e. The minimum atomic E-state index is -1.06. The molecular weight excluding hydrogens is 463 g/mol. The van der Waals surface area contributed by atoms with Crippen molar-refractivity contribution in [2.75, 3.05) is 5.32 Å². The van der Waals surface area contributed by atoms with Crippen LogP contribution in [0.15, 0.2) is 102 Å². The lowest BCUT2D eigenvalue weighted by Crippen LogP contribution is -2.26. The fraction of sp³-hybridized carbons (Fsp3) is 0.0370. The van der Waals surface area contributed by atoms with Gasteiger partial charge in [-0.25, -0.2) is 4.39 Å². The third-order valence-electron chi connectivity index (χ3n) is 5.29. The summed E-state index contributed by atoms with van der Waals surface area (Å²) in [6.07, 6.45) is -1.06. The van der Waals surface area contributed by atoms with Gasteiger partial charge in [0, 0.05) is 16.0 Å². The van der Waals surface area contributed by atoms with Gasteiger partial charge in [0.2, 0.25) is 6.10 Å². The Bertz CT molecular complexity index is 1360. The first-order chi connectivity index (χ1) is 17.0. The molecule has 176 valence electrons. The molecule has 4 rings (SSSR count). The maximum Gasteiger partial charge on any atom is 0.270 e. The molecule has 0 bridgehead atoms. The van der Waals surface area contributed by atoms with Gasteiger partial charge in [-0.15, -0.1) is 0 Å². The van der Waals surface area contributed by atoms with Crippen LogP contribution in [0, 0.1) is 11.2 Å². The average molecular weight is 487 g/mol. The summed E-state index contributed by atoms with van der Waals surface area (Å²) in [7, 11) is 0. The Labute approximate surface area is 206 Å². The van der Waals surface area contributed by atoms with Gasteiger partial charge in [-0.3, -0.25) is 15.3 Å². The maximum atomic E-state index is 15.0. The Hall–Kier alpha value is -4.14. The van der Waals surface area contributed by atoms with Crippen LogP contribution in [-0.2, 0) is 4.79 Å². The molecule has 1 amide bonds. The maximum absolute atomic E-state index is 15.0. The first-order valence-corrected chi connectivity index (χ1v) is 11.6. The monoisotopic (exact) mass is 486 g/mol. The molecule has 0 spiro atoms. The Kier molecular flexibility index (Phi) is 7.45. The van der Waals surface area contributed by atoms with Crippen molar-refractivity contribution in [1.82, 2.24) is 0 Å². The molecule has 6 nitrogen and oxygen atoms in total. The van der Waals surface area contributed by atoms with Crippen LogP contribution in [0.25, 0.3) is 11.1 Å². The molecule has 8 heteroatoms. The Morgan fingerprint density at radius 3 is 2.40 bits per heavy atom. The van der Waals surface area contributed by atoms with Crippen molar-refractivity contribution in [3.8, 4) is 16.9 Å². The highest BCUT2D eigenvalue weighted by Crippen LogP contribution is 2.31. The summed E-state index contributed by atoms with van der Waals surface area (Å²) in [6.45, 7) is 0. The highest BCUT2D eigenvalue weighted by atomic mass is 32.2. The lowest BCUT2D eigenvalue weighted by molar-refractivity contribution is -0.123. The van der Waals surface area contributed by atoms with Crippen LogP contribution in [-0.4, -0.2) is 11.7 Å². The predicted molar refractivity (Wildman–Crippen MR) is 138 cm³/mol. The van der Waals surface area contributed by atoms with Crippen molar-refractivity contribution in [2.45, 2.75) is 11.0 Å². The number of nitrogens with one attached hydrogen (secondary N) is 2. The van der Waals surface area contributed by atoms with E-state index in [0.717, 1.165) is 22.4 Å². The van der Waals surface area contributed by atoms with Gasteiger partial charge in [-0.05, 0) is 53.4 Å². The minimum absolute atomic E-state index is 0.0265. The molecule has 4 aromatic carbocycles. The van der Waals surface area contributed by atoms with Gasteiger partial charge in [0.25, 0.3) is 5.91 Å². The van der Waals surface area contributed by atoms with E-state index < -0.39 is 17.8 Å². The number of halogens is 1. The zero-order valence-electron chi connectivity index (χ0n) is 18.6. The van der Waals surface area contributed by atoms with Crippen molar-refractivity contribution in [3.63, 3.8) is 0 Å². The van der Waals surface area contributed by atoms with Gasteiger partial charge < -0.3 is 15.8 Å².